The molecule has 0 atom stereocenters. The molecule has 0 unspecified atom stereocenters. The summed E-state index contributed by atoms with van der Waals surface area (Å²) in [7, 11) is 0. The second kappa shape index (κ2) is 8.46. The number of hydrogen-bond acceptors (Lipinski definition) is 8. The van der Waals surface area contributed by atoms with Crippen LogP contribution in [0.3, 0.4) is 0 Å². The van der Waals surface area contributed by atoms with Crippen LogP contribution in [0.1, 0.15) is 10.4 Å². The highest BCUT2D eigenvalue weighted by Gasteiger charge is 2.24. The van der Waals surface area contributed by atoms with Crippen LogP contribution in [0.2, 0.25) is 10.0 Å². The van der Waals surface area contributed by atoms with Gasteiger partial charge in [0.15, 0.2) is 0 Å². The van der Waals surface area contributed by atoms with Crippen LogP contribution in [0, 0.1) is 10.1 Å². The molecule has 1 amide bonds. The molecule has 12 heteroatoms. The lowest BCUT2D eigenvalue weighted by Crippen LogP contribution is -2.30. The highest BCUT2D eigenvalue weighted by molar-refractivity contribution is 6.35. The van der Waals surface area contributed by atoms with Crippen molar-refractivity contribution < 1.29 is 9.72 Å². The van der Waals surface area contributed by atoms with Crippen LogP contribution in [0.25, 0.3) is 0 Å². The molecule has 0 saturated carbocycles. The minimum absolute atomic E-state index is 0.112. The van der Waals surface area contributed by atoms with Gasteiger partial charge in [0, 0.05) is 33.7 Å². The van der Waals surface area contributed by atoms with Crippen LogP contribution in [0.5, 0.6) is 0 Å². The second-order valence-corrected chi connectivity index (χ2v) is 6.15. The van der Waals surface area contributed by atoms with Crippen LogP contribution in [-0.2, 0) is 0 Å². The molecule has 0 aliphatic carbocycles. The number of benzene rings is 1. The first-order valence-electron chi connectivity index (χ1n) is 7.63. The number of anilines is 3. The van der Waals surface area contributed by atoms with E-state index in [-0.39, 0.29) is 11.6 Å². The number of nitro groups is 1. The maximum atomic E-state index is 12.1. The average Bonchev–Trinajstić information content (AvgIpc) is 2.65. The van der Waals surface area contributed by atoms with E-state index in [4.69, 9.17) is 23.2 Å². The van der Waals surface area contributed by atoms with Gasteiger partial charge in [-0.05, 0) is 30.3 Å². The van der Waals surface area contributed by atoms with E-state index in [2.05, 4.69) is 31.1 Å². The summed E-state index contributed by atoms with van der Waals surface area (Å²) in [6.45, 7) is 0. The molecule has 0 fully saturated rings. The van der Waals surface area contributed by atoms with Gasteiger partial charge in [0.2, 0.25) is 11.6 Å². The molecule has 2 heterocycles. The first kappa shape index (κ1) is 19.3. The number of carbonyl (C=O) groups excluding carboxylic acids is 1. The quantitative estimate of drug-likeness (QED) is 0.407. The molecular formula is C16H11Cl2N7O3. The SMILES string of the molecule is O=C(NNc1ncnc(Nc2cc(Cl)cc(Cl)c2)c1[N+](=O)[O-])c1ccncc1. The summed E-state index contributed by atoms with van der Waals surface area (Å²) in [6.07, 6.45) is 3.99. The highest BCUT2D eigenvalue weighted by Crippen LogP contribution is 2.32. The van der Waals surface area contributed by atoms with Crippen LogP contribution in [0.15, 0.2) is 49.1 Å². The summed E-state index contributed by atoms with van der Waals surface area (Å²) in [5.74, 6) is -0.844. The number of pyridine rings is 1. The van der Waals surface area contributed by atoms with Crippen LogP contribution >= 0.6 is 23.2 Å². The fourth-order valence-corrected chi connectivity index (χ4v) is 2.71. The zero-order chi connectivity index (χ0) is 20.1. The first-order chi connectivity index (χ1) is 13.4. The zero-order valence-electron chi connectivity index (χ0n) is 13.9. The van der Waals surface area contributed by atoms with Crippen molar-refractivity contribution in [1.82, 2.24) is 20.4 Å². The Morgan fingerprint density at radius 1 is 1.04 bits per heavy atom. The third-order valence-electron chi connectivity index (χ3n) is 3.37. The third-order valence-corrected chi connectivity index (χ3v) is 3.80. The minimum atomic E-state index is -0.685. The standard InChI is InChI=1S/C16H11Cl2N7O3/c17-10-5-11(18)7-12(6-10)22-14-13(25(27)28)15(21-8-20-14)23-24-16(26)9-1-3-19-4-2-9/h1-8H,(H,24,26)(H2,20,21,22,23). The maximum absolute atomic E-state index is 12.1. The smallest absolute Gasteiger partial charge is 0.334 e. The van der Waals surface area contributed by atoms with Crippen molar-refractivity contribution in [2.45, 2.75) is 0 Å². The Balaban J connectivity index is 1.85. The number of amides is 1. The number of aromatic nitrogens is 3. The van der Waals surface area contributed by atoms with Crippen molar-refractivity contribution in [2.75, 3.05) is 10.7 Å². The van der Waals surface area contributed by atoms with Gasteiger partial charge in [0.25, 0.3) is 5.91 Å². The van der Waals surface area contributed by atoms with Gasteiger partial charge in [-0.25, -0.2) is 9.97 Å². The number of nitrogens with zero attached hydrogens (tertiary/aromatic N) is 4. The van der Waals surface area contributed by atoms with Crippen molar-refractivity contribution in [3.05, 3.63) is 74.8 Å². The summed E-state index contributed by atoms with van der Waals surface area (Å²) >= 11 is 11.9. The lowest BCUT2D eigenvalue weighted by Gasteiger charge is -2.11. The molecule has 1 aromatic carbocycles. The summed E-state index contributed by atoms with van der Waals surface area (Å²) in [6, 6.07) is 7.54. The van der Waals surface area contributed by atoms with Crippen LogP contribution in [-0.4, -0.2) is 25.8 Å². The topological polar surface area (TPSA) is 135 Å². The first-order valence-corrected chi connectivity index (χ1v) is 8.38. The average molecular weight is 420 g/mol. The normalized spacial score (nSPS) is 10.2. The summed E-state index contributed by atoms with van der Waals surface area (Å²) in [5.41, 5.74) is 5.00. The summed E-state index contributed by atoms with van der Waals surface area (Å²) in [4.78, 5) is 34.5. The monoisotopic (exact) mass is 419 g/mol. The number of hydrazine groups is 1. The molecule has 28 heavy (non-hydrogen) atoms. The predicted molar refractivity (Wildman–Crippen MR) is 104 cm³/mol. The van der Waals surface area contributed by atoms with E-state index in [0.717, 1.165) is 6.33 Å². The van der Waals surface area contributed by atoms with Gasteiger partial charge in [-0.2, -0.15) is 0 Å². The fourth-order valence-electron chi connectivity index (χ4n) is 2.19. The molecule has 3 N–H and O–H groups in total. The molecule has 142 valence electrons. The molecule has 0 aliphatic heterocycles. The molecule has 0 spiro atoms. The Kier molecular flexibility index (Phi) is 5.82. The van der Waals surface area contributed by atoms with E-state index in [9.17, 15) is 14.9 Å². The Morgan fingerprint density at radius 2 is 1.68 bits per heavy atom. The Labute approximate surface area is 168 Å². The molecule has 0 bridgehead atoms. The van der Waals surface area contributed by atoms with E-state index in [0.29, 0.717) is 21.3 Å². The van der Waals surface area contributed by atoms with E-state index in [1.807, 2.05) is 0 Å². The number of rotatable bonds is 6. The van der Waals surface area contributed by atoms with Crippen molar-refractivity contribution in [1.29, 1.82) is 0 Å². The lowest BCUT2D eigenvalue weighted by molar-refractivity contribution is -0.383. The molecule has 3 rings (SSSR count). The van der Waals surface area contributed by atoms with Gasteiger partial charge in [-0.1, -0.05) is 23.2 Å². The number of hydrogen-bond donors (Lipinski definition) is 3. The minimum Gasteiger partial charge on any atom is -0.334 e. The predicted octanol–water partition coefficient (Wildman–Crippen LogP) is 3.59. The van der Waals surface area contributed by atoms with Crippen LogP contribution in [0.4, 0.5) is 23.0 Å². The number of halogens is 2. The molecule has 3 aromatic rings. The fraction of sp³-hybridized carbons (Fsp3) is 0. The Morgan fingerprint density at radius 3 is 2.32 bits per heavy atom. The summed E-state index contributed by atoms with van der Waals surface area (Å²) < 4.78 is 0. The third kappa shape index (κ3) is 4.61. The second-order valence-electron chi connectivity index (χ2n) is 5.27. The van der Waals surface area contributed by atoms with E-state index in [1.165, 1.54) is 42.7 Å². The van der Waals surface area contributed by atoms with Gasteiger partial charge in [-0.15, -0.1) is 0 Å². The maximum Gasteiger partial charge on any atom is 0.355 e. The lowest BCUT2D eigenvalue weighted by atomic mass is 10.3. The molecule has 0 saturated heterocycles. The molecule has 0 radical (unpaired) electrons. The molecular weight excluding hydrogens is 409 g/mol. The van der Waals surface area contributed by atoms with Crippen LogP contribution < -0.4 is 16.2 Å². The van der Waals surface area contributed by atoms with Crippen molar-refractivity contribution in [3.63, 3.8) is 0 Å². The number of nitrogens with one attached hydrogen (secondary N) is 3. The Bertz CT molecular complexity index is 1010. The van der Waals surface area contributed by atoms with E-state index >= 15 is 0 Å². The van der Waals surface area contributed by atoms with Gasteiger partial charge < -0.3 is 5.32 Å². The number of carbonyl (C=O) groups is 1. The van der Waals surface area contributed by atoms with E-state index in [1.54, 1.807) is 0 Å². The van der Waals surface area contributed by atoms with Gasteiger partial charge in [0.05, 0.1) is 4.92 Å². The largest absolute Gasteiger partial charge is 0.355 e. The molecule has 2 aromatic heterocycles. The van der Waals surface area contributed by atoms with Crippen molar-refractivity contribution in [3.8, 4) is 0 Å². The highest BCUT2D eigenvalue weighted by atomic mass is 35.5. The van der Waals surface area contributed by atoms with Gasteiger partial charge in [0.1, 0.15) is 6.33 Å². The molecule has 10 nitrogen and oxygen atoms in total. The zero-order valence-corrected chi connectivity index (χ0v) is 15.4. The Hall–Kier alpha value is -3.50. The van der Waals surface area contributed by atoms with Gasteiger partial charge >= 0.3 is 5.69 Å². The summed E-state index contributed by atoms with van der Waals surface area (Å²) in [5, 5.41) is 15.0. The van der Waals surface area contributed by atoms with Gasteiger partial charge in [-0.3, -0.25) is 30.7 Å². The molecule has 0 aliphatic rings. The van der Waals surface area contributed by atoms with Crippen molar-refractivity contribution in [2.24, 2.45) is 0 Å². The van der Waals surface area contributed by atoms with E-state index < -0.39 is 16.5 Å². The van der Waals surface area contributed by atoms with Crippen molar-refractivity contribution >= 4 is 52.1 Å².